The normalized spacial score (nSPS) is 10.6. The minimum Gasteiger partial charge on any atom is -0.484 e. The molecule has 150 valence electrons. The number of benzene rings is 2. The van der Waals surface area contributed by atoms with Crippen molar-refractivity contribution in [1.29, 1.82) is 0 Å². The summed E-state index contributed by atoms with van der Waals surface area (Å²) in [5.74, 6) is 0.766. The molecular weight excluding hydrogens is 400 g/mol. The van der Waals surface area contributed by atoms with E-state index >= 15 is 0 Å². The second-order valence-corrected chi connectivity index (χ2v) is 6.93. The van der Waals surface area contributed by atoms with Crippen LogP contribution < -0.4 is 15.4 Å². The number of aryl methyl sites for hydroxylation is 1. The molecule has 2 N–H and O–H groups in total. The summed E-state index contributed by atoms with van der Waals surface area (Å²) in [6.45, 7) is 1.85. The monoisotopic (exact) mass is 418 g/mol. The topological polar surface area (TPSA) is 89.3 Å². The van der Waals surface area contributed by atoms with Crippen LogP contribution >= 0.6 is 12.2 Å². The number of thiocarbonyl (C=S) groups is 1. The smallest absolute Gasteiger partial charge is 0.264 e. The standard InChI is InChI=1S/C22H18N4O3S/c1-14-4-10-17(11-5-14)28-13-19(27)25-22(30)24-16-8-6-15(7-9-16)21-26-20-18(29-21)3-2-12-23-20/h2-12H,13H2,1H3,(H2,24,25,27,30). The number of amides is 1. The maximum Gasteiger partial charge on any atom is 0.264 e. The number of nitrogens with one attached hydrogen (secondary N) is 2. The summed E-state index contributed by atoms with van der Waals surface area (Å²) in [5, 5.41) is 5.74. The molecule has 0 atom stereocenters. The summed E-state index contributed by atoms with van der Waals surface area (Å²) in [5.41, 5.74) is 3.84. The number of fused-ring (bicyclic) bond motifs is 1. The van der Waals surface area contributed by atoms with E-state index in [0.29, 0.717) is 22.9 Å². The molecule has 2 aromatic carbocycles. The van der Waals surface area contributed by atoms with Gasteiger partial charge < -0.3 is 14.5 Å². The number of carbonyl (C=O) groups is 1. The number of rotatable bonds is 5. The van der Waals surface area contributed by atoms with E-state index in [1.165, 1.54) is 0 Å². The Morgan fingerprint density at radius 2 is 1.87 bits per heavy atom. The lowest BCUT2D eigenvalue weighted by molar-refractivity contribution is -0.121. The van der Waals surface area contributed by atoms with Gasteiger partial charge in [-0.15, -0.1) is 0 Å². The molecule has 0 fully saturated rings. The van der Waals surface area contributed by atoms with E-state index in [1.54, 1.807) is 12.3 Å². The molecule has 4 rings (SSSR count). The maximum absolute atomic E-state index is 12.0. The molecule has 0 aliphatic heterocycles. The lowest BCUT2D eigenvalue weighted by Crippen LogP contribution is -2.37. The van der Waals surface area contributed by atoms with Gasteiger partial charge >= 0.3 is 0 Å². The molecule has 0 radical (unpaired) electrons. The fraction of sp³-hybridized carbons (Fsp3) is 0.0909. The van der Waals surface area contributed by atoms with E-state index in [0.717, 1.165) is 16.8 Å². The largest absolute Gasteiger partial charge is 0.484 e. The van der Waals surface area contributed by atoms with Crippen molar-refractivity contribution in [3.63, 3.8) is 0 Å². The van der Waals surface area contributed by atoms with Crippen LogP contribution in [0.15, 0.2) is 71.3 Å². The summed E-state index contributed by atoms with van der Waals surface area (Å²) in [6.07, 6.45) is 1.67. The Morgan fingerprint density at radius 3 is 2.60 bits per heavy atom. The molecular formula is C22H18N4O3S. The predicted molar refractivity (Wildman–Crippen MR) is 118 cm³/mol. The van der Waals surface area contributed by atoms with Crippen LogP contribution in [-0.2, 0) is 4.79 Å². The van der Waals surface area contributed by atoms with E-state index in [9.17, 15) is 4.79 Å². The van der Waals surface area contributed by atoms with Gasteiger partial charge in [0.25, 0.3) is 5.91 Å². The Bertz CT molecular complexity index is 1150. The number of pyridine rings is 1. The zero-order valence-electron chi connectivity index (χ0n) is 16.1. The Balaban J connectivity index is 1.30. The molecule has 2 heterocycles. The van der Waals surface area contributed by atoms with Crippen LogP contribution in [0.5, 0.6) is 5.75 Å². The van der Waals surface area contributed by atoms with Crippen LogP contribution in [0.3, 0.4) is 0 Å². The van der Waals surface area contributed by atoms with E-state index in [2.05, 4.69) is 20.6 Å². The number of carbonyl (C=O) groups excluding carboxylic acids is 1. The molecule has 1 amide bonds. The van der Waals surface area contributed by atoms with E-state index in [-0.39, 0.29) is 17.6 Å². The van der Waals surface area contributed by atoms with Gasteiger partial charge in [-0.2, -0.15) is 4.98 Å². The number of ether oxygens (including phenoxy) is 1. The van der Waals surface area contributed by atoms with Gasteiger partial charge in [0.1, 0.15) is 5.75 Å². The molecule has 0 bridgehead atoms. The van der Waals surface area contributed by atoms with E-state index in [4.69, 9.17) is 21.4 Å². The lowest BCUT2D eigenvalue weighted by atomic mass is 10.2. The van der Waals surface area contributed by atoms with Gasteiger partial charge in [-0.25, -0.2) is 4.98 Å². The van der Waals surface area contributed by atoms with Crippen LogP contribution in [0, 0.1) is 6.92 Å². The highest BCUT2D eigenvalue weighted by atomic mass is 32.1. The second-order valence-electron chi connectivity index (χ2n) is 6.53. The van der Waals surface area contributed by atoms with E-state index in [1.807, 2.05) is 61.5 Å². The third-order valence-electron chi connectivity index (χ3n) is 4.20. The summed E-state index contributed by atoms with van der Waals surface area (Å²) in [6, 6.07) is 18.4. The van der Waals surface area contributed by atoms with Gasteiger partial charge in [-0.05, 0) is 67.7 Å². The third-order valence-corrected chi connectivity index (χ3v) is 4.40. The predicted octanol–water partition coefficient (Wildman–Crippen LogP) is 4.09. The highest BCUT2D eigenvalue weighted by molar-refractivity contribution is 7.80. The van der Waals surface area contributed by atoms with Crippen LogP contribution in [0.4, 0.5) is 5.69 Å². The van der Waals surface area contributed by atoms with Crippen LogP contribution in [0.25, 0.3) is 22.7 Å². The SMILES string of the molecule is Cc1ccc(OCC(=O)NC(=S)Nc2ccc(-c3nc4ncccc4o3)cc2)cc1. The van der Waals surface area contributed by atoms with Gasteiger partial charge in [0, 0.05) is 17.4 Å². The van der Waals surface area contributed by atoms with Crippen molar-refractivity contribution in [2.45, 2.75) is 6.92 Å². The number of hydrogen-bond acceptors (Lipinski definition) is 6. The highest BCUT2D eigenvalue weighted by Gasteiger charge is 2.10. The minimum atomic E-state index is -0.344. The van der Waals surface area contributed by atoms with Gasteiger partial charge in [-0.3, -0.25) is 10.1 Å². The van der Waals surface area contributed by atoms with Crippen molar-refractivity contribution in [1.82, 2.24) is 15.3 Å². The Labute approximate surface area is 178 Å². The molecule has 0 spiro atoms. The Morgan fingerprint density at radius 1 is 1.10 bits per heavy atom. The third kappa shape index (κ3) is 4.79. The molecule has 2 aromatic heterocycles. The highest BCUT2D eigenvalue weighted by Crippen LogP contribution is 2.24. The zero-order chi connectivity index (χ0) is 20.9. The average molecular weight is 418 g/mol. The van der Waals surface area contributed by atoms with Crippen LogP contribution in [0.2, 0.25) is 0 Å². The van der Waals surface area contributed by atoms with Crippen molar-refractivity contribution in [2.24, 2.45) is 0 Å². The van der Waals surface area contributed by atoms with Crippen molar-refractivity contribution >= 4 is 40.2 Å². The number of anilines is 1. The molecule has 0 aliphatic rings. The fourth-order valence-corrected chi connectivity index (χ4v) is 2.93. The first-order valence-electron chi connectivity index (χ1n) is 9.19. The van der Waals surface area contributed by atoms with Crippen molar-refractivity contribution in [3.8, 4) is 17.2 Å². The van der Waals surface area contributed by atoms with Gasteiger partial charge in [-0.1, -0.05) is 17.7 Å². The molecule has 0 saturated heterocycles. The lowest BCUT2D eigenvalue weighted by Gasteiger charge is -2.10. The van der Waals surface area contributed by atoms with Gasteiger partial charge in [0.05, 0.1) is 0 Å². The Kier molecular flexibility index (Phi) is 5.67. The number of hydrogen-bond donors (Lipinski definition) is 2. The summed E-state index contributed by atoms with van der Waals surface area (Å²) in [4.78, 5) is 20.6. The summed E-state index contributed by atoms with van der Waals surface area (Å²) in [7, 11) is 0. The minimum absolute atomic E-state index is 0.129. The fourth-order valence-electron chi connectivity index (χ4n) is 2.70. The van der Waals surface area contributed by atoms with Crippen molar-refractivity contribution in [3.05, 3.63) is 72.4 Å². The quantitative estimate of drug-likeness (QED) is 0.472. The molecule has 0 unspecified atom stereocenters. The van der Waals surface area contributed by atoms with E-state index < -0.39 is 0 Å². The molecule has 7 nitrogen and oxygen atoms in total. The first-order valence-corrected chi connectivity index (χ1v) is 9.60. The molecule has 30 heavy (non-hydrogen) atoms. The number of aromatic nitrogens is 2. The summed E-state index contributed by atoms with van der Waals surface area (Å²) < 4.78 is 11.1. The number of oxazole rings is 1. The average Bonchev–Trinajstić information content (AvgIpc) is 3.18. The van der Waals surface area contributed by atoms with Crippen molar-refractivity contribution in [2.75, 3.05) is 11.9 Å². The molecule has 8 heteroatoms. The first kappa shape index (κ1) is 19.5. The molecule has 4 aromatic rings. The summed E-state index contributed by atoms with van der Waals surface area (Å²) >= 11 is 5.19. The Hall–Kier alpha value is -3.78. The first-order chi connectivity index (χ1) is 14.6. The zero-order valence-corrected chi connectivity index (χ0v) is 16.9. The number of nitrogens with zero attached hydrogens (tertiary/aromatic N) is 2. The second kappa shape index (κ2) is 8.71. The van der Waals surface area contributed by atoms with Gasteiger partial charge in [0.2, 0.25) is 5.89 Å². The van der Waals surface area contributed by atoms with Crippen LogP contribution in [0.1, 0.15) is 5.56 Å². The van der Waals surface area contributed by atoms with Crippen molar-refractivity contribution < 1.29 is 13.9 Å². The molecule has 0 saturated carbocycles. The molecule has 0 aliphatic carbocycles. The van der Waals surface area contributed by atoms with Gasteiger partial charge in [0.15, 0.2) is 22.9 Å². The maximum atomic E-state index is 12.0. The van der Waals surface area contributed by atoms with Crippen LogP contribution in [-0.4, -0.2) is 27.6 Å².